The van der Waals surface area contributed by atoms with Gasteiger partial charge in [-0.3, -0.25) is 9.88 Å². The molecule has 0 saturated heterocycles. The first-order valence-electron chi connectivity index (χ1n) is 7.53. The van der Waals surface area contributed by atoms with Crippen LogP contribution in [0.5, 0.6) is 0 Å². The van der Waals surface area contributed by atoms with E-state index in [4.69, 9.17) is 0 Å². The van der Waals surface area contributed by atoms with Crippen LogP contribution in [0.3, 0.4) is 0 Å². The maximum absolute atomic E-state index is 4.44. The highest BCUT2D eigenvalue weighted by Gasteiger charge is 2.28. The summed E-state index contributed by atoms with van der Waals surface area (Å²) in [6, 6.07) is 7.99. The van der Waals surface area contributed by atoms with Crippen LogP contribution in [-0.2, 0) is 6.54 Å². The highest BCUT2D eigenvalue weighted by molar-refractivity contribution is 5.04. The average molecular weight is 261 g/mol. The summed E-state index contributed by atoms with van der Waals surface area (Å²) in [7, 11) is 2.24. The number of nitrogens with zero attached hydrogens (tertiary/aromatic N) is 2. The minimum atomic E-state index is 0.564. The highest BCUT2D eigenvalue weighted by Crippen LogP contribution is 2.23. The van der Waals surface area contributed by atoms with Crippen LogP contribution in [0.4, 0.5) is 0 Å². The summed E-state index contributed by atoms with van der Waals surface area (Å²) in [6.45, 7) is 5.43. The van der Waals surface area contributed by atoms with E-state index in [9.17, 15) is 0 Å². The van der Waals surface area contributed by atoms with Gasteiger partial charge in [0.05, 0.1) is 5.69 Å². The van der Waals surface area contributed by atoms with Gasteiger partial charge in [-0.15, -0.1) is 0 Å². The van der Waals surface area contributed by atoms with Gasteiger partial charge in [-0.25, -0.2) is 0 Å². The predicted molar refractivity (Wildman–Crippen MR) is 80.0 cm³/mol. The summed E-state index contributed by atoms with van der Waals surface area (Å²) in [5.41, 5.74) is 1.17. The molecule has 1 heterocycles. The van der Waals surface area contributed by atoms with E-state index in [-0.39, 0.29) is 0 Å². The first-order chi connectivity index (χ1) is 9.16. The number of likely N-dealkylation sites (N-methyl/N-ethyl adjacent to an activating group) is 1. The largest absolute Gasteiger partial charge is 0.310 e. The summed E-state index contributed by atoms with van der Waals surface area (Å²) in [4.78, 5) is 6.91. The van der Waals surface area contributed by atoms with Crippen molar-refractivity contribution >= 4 is 0 Å². The zero-order valence-electron chi connectivity index (χ0n) is 12.5. The molecule has 1 fully saturated rings. The van der Waals surface area contributed by atoms with E-state index < -0.39 is 0 Å². The van der Waals surface area contributed by atoms with Crippen molar-refractivity contribution in [1.82, 2.24) is 15.2 Å². The lowest BCUT2D eigenvalue weighted by molar-refractivity contribution is 0.137. The van der Waals surface area contributed by atoms with Crippen molar-refractivity contribution < 1.29 is 0 Å². The van der Waals surface area contributed by atoms with Crippen molar-refractivity contribution in [2.45, 2.75) is 64.2 Å². The predicted octanol–water partition coefficient (Wildman–Crippen LogP) is 2.82. The normalized spacial score (nSPS) is 24.1. The summed E-state index contributed by atoms with van der Waals surface area (Å²) in [5, 5.41) is 3.74. The van der Waals surface area contributed by atoms with Gasteiger partial charge in [0.2, 0.25) is 0 Å². The lowest BCUT2D eigenvalue weighted by Crippen LogP contribution is -2.52. The molecule has 0 amide bonds. The third kappa shape index (κ3) is 4.29. The van der Waals surface area contributed by atoms with Crippen molar-refractivity contribution in [1.29, 1.82) is 0 Å². The van der Waals surface area contributed by atoms with E-state index in [0.717, 1.165) is 6.54 Å². The molecule has 1 aromatic rings. The van der Waals surface area contributed by atoms with E-state index in [1.165, 1.54) is 31.4 Å². The summed E-state index contributed by atoms with van der Waals surface area (Å²) in [5.74, 6) is 0. The quantitative estimate of drug-likeness (QED) is 0.883. The smallest absolute Gasteiger partial charge is 0.0543 e. The van der Waals surface area contributed by atoms with E-state index >= 15 is 0 Å². The second-order valence-electron chi connectivity index (χ2n) is 6.02. The Morgan fingerprint density at radius 1 is 1.32 bits per heavy atom. The molecule has 3 heteroatoms. The maximum Gasteiger partial charge on any atom is 0.0543 e. The van der Waals surface area contributed by atoms with E-state index in [2.05, 4.69) is 48.2 Å². The Morgan fingerprint density at radius 2 is 2.11 bits per heavy atom. The molecule has 19 heavy (non-hydrogen) atoms. The molecule has 106 valence electrons. The summed E-state index contributed by atoms with van der Waals surface area (Å²) < 4.78 is 0. The van der Waals surface area contributed by atoms with Crippen LogP contribution in [0.25, 0.3) is 0 Å². The van der Waals surface area contributed by atoms with Gasteiger partial charge < -0.3 is 5.32 Å². The number of hydrogen-bond donors (Lipinski definition) is 1. The molecule has 1 saturated carbocycles. The maximum atomic E-state index is 4.44. The van der Waals surface area contributed by atoms with Gasteiger partial charge in [-0.2, -0.15) is 0 Å². The molecule has 2 atom stereocenters. The number of hydrogen-bond acceptors (Lipinski definition) is 3. The van der Waals surface area contributed by atoms with Crippen molar-refractivity contribution in [3.05, 3.63) is 30.1 Å². The highest BCUT2D eigenvalue weighted by atomic mass is 15.2. The standard InChI is InChI=1S/C16H27N3/c1-13(2)18-15-9-4-5-10-16(15)19(3)12-14-8-6-7-11-17-14/h6-8,11,13,15-16,18H,4-5,9-10,12H2,1-3H3. The van der Waals surface area contributed by atoms with Crippen LogP contribution >= 0.6 is 0 Å². The Balaban J connectivity index is 1.97. The topological polar surface area (TPSA) is 28.2 Å². The van der Waals surface area contributed by atoms with Gasteiger partial charge in [0.25, 0.3) is 0 Å². The number of pyridine rings is 1. The monoisotopic (exact) mass is 261 g/mol. The minimum Gasteiger partial charge on any atom is -0.310 e. The second-order valence-corrected chi connectivity index (χ2v) is 6.02. The number of aromatic nitrogens is 1. The number of nitrogens with one attached hydrogen (secondary N) is 1. The molecular weight excluding hydrogens is 234 g/mol. The van der Waals surface area contributed by atoms with Gasteiger partial charge >= 0.3 is 0 Å². The van der Waals surface area contributed by atoms with E-state index in [1.54, 1.807) is 0 Å². The Kier molecular flexibility index (Phi) is 5.34. The molecule has 0 aromatic carbocycles. The third-order valence-electron chi connectivity index (χ3n) is 3.98. The zero-order valence-corrected chi connectivity index (χ0v) is 12.5. The molecule has 0 radical (unpaired) electrons. The molecule has 0 spiro atoms. The van der Waals surface area contributed by atoms with Gasteiger partial charge in [0.1, 0.15) is 0 Å². The van der Waals surface area contributed by atoms with Crippen molar-refractivity contribution in [3.8, 4) is 0 Å². The molecule has 0 bridgehead atoms. The zero-order chi connectivity index (χ0) is 13.7. The molecule has 3 nitrogen and oxygen atoms in total. The third-order valence-corrected chi connectivity index (χ3v) is 3.98. The van der Waals surface area contributed by atoms with Gasteiger partial charge in [0.15, 0.2) is 0 Å². The molecular formula is C16H27N3. The van der Waals surface area contributed by atoms with Crippen molar-refractivity contribution in [2.24, 2.45) is 0 Å². The number of rotatable bonds is 5. The Labute approximate surface area is 117 Å². The summed E-state index contributed by atoms with van der Waals surface area (Å²) >= 11 is 0. The van der Waals surface area contributed by atoms with Crippen LogP contribution in [0, 0.1) is 0 Å². The lowest BCUT2D eigenvalue weighted by atomic mass is 9.89. The molecule has 2 rings (SSSR count). The Bertz CT molecular complexity index is 364. The minimum absolute atomic E-state index is 0.564. The average Bonchev–Trinajstić information content (AvgIpc) is 2.39. The Hall–Kier alpha value is -0.930. The SMILES string of the molecule is CC(C)NC1CCCCC1N(C)Cc1ccccn1. The van der Waals surface area contributed by atoms with Gasteiger partial charge in [0, 0.05) is 30.9 Å². The van der Waals surface area contributed by atoms with Crippen LogP contribution in [0.15, 0.2) is 24.4 Å². The van der Waals surface area contributed by atoms with Gasteiger partial charge in [-0.1, -0.05) is 32.8 Å². The molecule has 1 aromatic heterocycles. The molecule has 1 N–H and O–H groups in total. The molecule has 0 aliphatic heterocycles. The van der Waals surface area contributed by atoms with Crippen molar-refractivity contribution in [2.75, 3.05) is 7.05 Å². The summed E-state index contributed by atoms with van der Waals surface area (Å²) in [6.07, 6.45) is 7.20. The first kappa shape index (κ1) is 14.5. The van der Waals surface area contributed by atoms with Crippen LogP contribution in [-0.4, -0.2) is 35.1 Å². The fraction of sp³-hybridized carbons (Fsp3) is 0.688. The van der Waals surface area contributed by atoms with Crippen LogP contribution < -0.4 is 5.32 Å². The van der Waals surface area contributed by atoms with E-state index in [1.807, 2.05) is 12.3 Å². The fourth-order valence-corrected chi connectivity index (χ4v) is 3.13. The van der Waals surface area contributed by atoms with Gasteiger partial charge in [-0.05, 0) is 32.0 Å². The van der Waals surface area contributed by atoms with Crippen LogP contribution in [0.2, 0.25) is 0 Å². The first-order valence-corrected chi connectivity index (χ1v) is 7.53. The Morgan fingerprint density at radius 3 is 2.79 bits per heavy atom. The second kappa shape index (κ2) is 7.01. The lowest BCUT2D eigenvalue weighted by Gasteiger charge is -2.39. The molecule has 1 aliphatic rings. The fourth-order valence-electron chi connectivity index (χ4n) is 3.13. The molecule has 2 unspecified atom stereocenters. The van der Waals surface area contributed by atoms with E-state index in [0.29, 0.717) is 18.1 Å². The van der Waals surface area contributed by atoms with Crippen LogP contribution in [0.1, 0.15) is 45.2 Å². The molecule has 1 aliphatic carbocycles. The van der Waals surface area contributed by atoms with Crippen molar-refractivity contribution in [3.63, 3.8) is 0 Å².